The minimum absolute atomic E-state index is 0. The van der Waals surface area contributed by atoms with Gasteiger partial charge in [0.05, 0.1) is 17.6 Å². The topological polar surface area (TPSA) is 47.3 Å². The fourth-order valence-electron chi connectivity index (χ4n) is 3.10. The number of para-hydroxylation sites is 2. The largest absolute Gasteiger partial charge is 0.491 e. The molecule has 2 aromatic carbocycles. The Morgan fingerprint density at radius 3 is 2.56 bits per heavy atom. The van der Waals surface area contributed by atoms with Gasteiger partial charge >= 0.3 is 0 Å². The van der Waals surface area contributed by atoms with E-state index in [1.165, 1.54) is 11.1 Å². The number of aliphatic hydroxyl groups is 1. The third-order valence-electron chi connectivity index (χ3n) is 5.05. The second-order valence-electron chi connectivity index (χ2n) is 7.09. The quantitative estimate of drug-likeness (QED) is 0.617. The van der Waals surface area contributed by atoms with Crippen molar-refractivity contribution in [3.8, 4) is 5.75 Å². The summed E-state index contributed by atoms with van der Waals surface area (Å²) in [6.45, 7) is 9.21. The van der Waals surface area contributed by atoms with Crippen molar-refractivity contribution in [1.82, 2.24) is 9.55 Å². The van der Waals surface area contributed by atoms with Gasteiger partial charge in [-0.05, 0) is 55.7 Å². The van der Waals surface area contributed by atoms with Crippen LogP contribution in [0.3, 0.4) is 0 Å². The molecule has 146 valence electrons. The molecule has 5 heteroatoms. The van der Waals surface area contributed by atoms with Gasteiger partial charge in [-0.1, -0.05) is 32.0 Å². The number of fused-ring (bicyclic) bond motifs is 1. The van der Waals surface area contributed by atoms with Crippen molar-refractivity contribution in [1.29, 1.82) is 0 Å². The lowest BCUT2D eigenvalue weighted by Crippen LogP contribution is -2.25. The highest BCUT2D eigenvalue weighted by molar-refractivity contribution is 5.85. The molecular formula is C22H29ClN2O2. The Labute approximate surface area is 167 Å². The number of rotatable bonds is 7. The molecule has 0 aliphatic heterocycles. The Kier molecular flexibility index (Phi) is 7.28. The smallest absolute Gasteiger partial charge is 0.119 e. The van der Waals surface area contributed by atoms with Crippen LogP contribution in [0.4, 0.5) is 0 Å². The molecule has 27 heavy (non-hydrogen) atoms. The summed E-state index contributed by atoms with van der Waals surface area (Å²) in [5.41, 5.74) is 4.47. The summed E-state index contributed by atoms with van der Waals surface area (Å²) in [4.78, 5) is 4.79. The minimum Gasteiger partial charge on any atom is -0.491 e. The first-order valence-electron chi connectivity index (χ1n) is 9.32. The van der Waals surface area contributed by atoms with Crippen LogP contribution < -0.4 is 4.74 Å². The second-order valence-corrected chi connectivity index (χ2v) is 7.09. The first kappa shape index (κ1) is 21.3. The lowest BCUT2D eigenvalue weighted by atomic mass is 10.1. The van der Waals surface area contributed by atoms with Crippen LogP contribution in [0.25, 0.3) is 11.0 Å². The third kappa shape index (κ3) is 4.82. The van der Waals surface area contributed by atoms with Gasteiger partial charge in [0.15, 0.2) is 0 Å². The van der Waals surface area contributed by atoms with Crippen LogP contribution in [0, 0.1) is 13.8 Å². The Morgan fingerprint density at radius 2 is 1.85 bits per heavy atom. The van der Waals surface area contributed by atoms with E-state index in [1.807, 2.05) is 36.4 Å². The standard InChI is InChI=1S/C22H28N2O2.ClH/c1-5-15(2)22-23-20-8-6-7-9-21(20)24(22)13-18(25)14-26-19-11-10-16(3)17(4)12-19;/h6-12,15,18,25H,5,13-14H2,1-4H3;1H. The first-order chi connectivity index (χ1) is 12.5. The van der Waals surface area contributed by atoms with E-state index in [-0.39, 0.29) is 19.0 Å². The van der Waals surface area contributed by atoms with E-state index in [4.69, 9.17) is 9.72 Å². The van der Waals surface area contributed by atoms with Crippen LogP contribution in [0.2, 0.25) is 0 Å². The van der Waals surface area contributed by atoms with Crippen LogP contribution in [-0.2, 0) is 6.54 Å². The molecule has 3 aromatic rings. The van der Waals surface area contributed by atoms with Crippen LogP contribution in [0.1, 0.15) is 43.1 Å². The highest BCUT2D eigenvalue weighted by Crippen LogP contribution is 2.24. The summed E-state index contributed by atoms with van der Waals surface area (Å²) in [5, 5.41) is 10.6. The molecule has 4 nitrogen and oxygen atoms in total. The molecule has 0 aliphatic rings. The van der Waals surface area contributed by atoms with Gasteiger partial charge in [0.1, 0.15) is 24.3 Å². The Balaban J connectivity index is 0.00000261. The summed E-state index contributed by atoms with van der Waals surface area (Å²) in [5.74, 6) is 2.17. The first-order valence-corrected chi connectivity index (χ1v) is 9.32. The number of nitrogens with zero attached hydrogens (tertiary/aromatic N) is 2. The van der Waals surface area contributed by atoms with E-state index in [1.54, 1.807) is 0 Å². The number of halogens is 1. The second kappa shape index (κ2) is 9.25. The number of ether oxygens (including phenoxy) is 1. The maximum absolute atomic E-state index is 10.6. The number of benzene rings is 2. The molecule has 2 atom stereocenters. The highest BCUT2D eigenvalue weighted by atomic mass is 35.5. The van der Waals surface area contributed by atoms with Crippen molar-refractivity contribution >= 4 is 23.4 Å². The maximum atomic E-state index is 10.6. The van der Waals surface area contributed by atoms with Gasteiger partial charge in [0, 0.05) is 5.92 Å². The van der Waals surface area contributed by atoms with Crippen molar-refractivity contribution in [3.63, 3.8) is 0 Å². The van der Waals surface area contributed by atoms with Crippen LogP contribution in [0.5, 0.6) is 5.75 Å². The van der Waals surface area contributed by atoms with Crippen LogP contribution in [-0.4, -0.2) is 27.4 Å². The zero-order valence-electron chi connectivity index (χ0n) is 16.5. The summed E-state index contributed by atoms with van der Waals surface area (Å²) in [7, 11) is 0. The molecule has 0 amide bonds. The van der Waals surface area contributed by atoms with Crippen molar-refractivity contribution in [2.75, 3.05) is 6.61 Å². The molecule has 3 rings (SSSR count). The van der Waals surface area contributed by atoms with E-state index in [9.17, 15) is 5.11 Å². The van der Waals surface area contributed by atoms with Crippen molar-refractivity contribution < 1.29 is 9.84 Å². The van der Waals surface area contributed by atoms with Gasteiger partial charge in [-0.2, -0.15) is 0 Å². The molecule has 0 fully saturated rings. The van der Waals surface area contributed by atoms with E-state index in [2.05, 4.69) is 38.3 Å². The predicted octanol–water partition coefficient (Wildman–Crippen LogP) is 5.03. The SMILES string of the molecule is CCC(C)c1nc2ccccc2n1CC(O)COc1ccc(C)c(C)c1.Cl. The Hall–Kier alpha value is -2.04. The van der Waals surface area contributed by atoms with E-state index < -0.39 is 6.10 Å². The van der Waals surface area contributed by atoms with Crippen LogP contribution >= 0.6 is 12.4 Å². The van der Waals surface area contributed by atoms with E-state index in [0.717, 1.165) is 29.0 Å². The molecule has 1 N–H and O–H groups in total. The zero-order chi connectivity index (χ0) is 18.7. The fraction of sp³-hybridized carbons (Fsp3) is 0.409. The third-order valence-corrected chi connectivity index (χ3v) is 5.05. The zero-order valence-corrected chi connectivity index (χ0v) is 17.3. The van der Waals surface area contributed by atoms with Crippen molar-refractivity contribution in [3.05, 3.63) is 59.4 Å². The summed E-state index contributed by atoms with van der Waals surface area (Å²) in [6, 6.07) is 14.1. The average molecular weight is 389 g/mol. The van der Waals surface area contributed by atoms with Gasteiger partial charge in [-0.3, -0.25) is 0 Å². The molecule has 1 aromatic heterocycles. The number of hydrogen-bond acceptors (Lipinski definition) is 3. The highest BCUT2D eigenvalue weighted by Gasteiger charge is 2.18. The monoisotopic (exact) mass is 388 g/mol. The average Bonchev–Trinajstić information content (AvgIpc) is 3.00. The maximum Gasteiger partial charge on any atom is 0.119 e. The van der Waals surface area contributed by atoms with Crippen molar-refractivity contribution in [2.45, 2.75) is 52.7 Å². The van der Waals surface area contributed by atoms with Gasteiger partial charge < -0.3 is 14.4 Å². The van der Waals surface area contributed by atoms with E-state index >= 15 is 0 Å². The summed E-state index contributed by atoms with van der Waals surface area (Å²) in [6.07, 6.45) is 0.412. The molecular weight excluding hydrogens is 360 g/mol. The lowest BCUT2D eigenvalue weighted by Gasteiger charge is -2.18. The molecule has 0 saturated carbocycles. The molecule has 0 aliphatic carbocycles. The normalized spacial score (nSPS) is 13.2. The molecule has 2 unspecified atom stereocenters. The van der Waals surface area contributed by atoms with Gasteiger partial charge in [-0.15, -0.1) is 12.4 Å². The van der Waals surface area contributed by atoms with E-state index in [0.29, 0.717) is 12.5 Å². The fourth-order valence-corrected chi connectivity index (χ4v) is 3.10. The summed E-state index contributed by atoms with van der Waals surface area (Å²) < 4.78 is 7.94. The molecule has 0 bridgehead atoms. The number of aromatic nitrogens is 2. The number of aliphatic hydroxyl groups excluding tert-OH is 1. The van der Waals surface area contributed by atoms with Gasteiger partial charge in [-0.25, -0.2) is 4.98 Å². The number of hydrogen-bond donors (Lipinski definition) is 1. The lowest BCUT2D eigenvalue weighted by molar-refractivity contribution is 0.0924. The number of aryl methyl sites for hydroxylation is 2. The molecule has 0 radical (unpaired) electrons. The van der Waals surface area contributed by atoms with Gasteiger partial charge in [0.25, 0.3) is 0 Å². The minimum atomic E-state index is -0.600. The Morgan fingerprint density at radius 1 is 1.11 bits per heavy atom. The predicted molar refractivity (Wildman–Crippen MR) is 113 cm³/mol. The molecule has 1 heterocycles. The van der Waals surface area contributed by atoms with Gasteiger partial charge in [0.2, 0.25) is 0 Å². The molecule has 0 saturated heterocycles. The summed E-state index contributed by atoms with van der Waals surface area (Å²) >= 11 is 0. The molecule has 0 spiro atoms. The number of imidazole rings is 1. The van der Waals surface area contributed by atoms with Crippen LogP contribution in [0.15, 0.2) is 42.5 Å². The Bertz CT molecular complexity index is 891. The van der Waals surface area contributed by atoms with Crippen molar-refractivity contribution in [2.24, 2.45) is 0 Å².